The maximum absolute atomic E-state index is 13.5. The molecule has 4 nitrogen and oxygen atoms in total. The van der Waals surface area contributed by atoms with E-state index in [2.05, 4.69) is 40.8 Å². The fourth-order valence-corrected chi connectivity index (χ4v) is 6.07. The Labute approximate surface area is 168 Å². The monoisotopic (exact) mass is 398 g/mol. The van der Waals surface area contributed by atoms with Crippen LogP contribution in [0, 0.1) is 5.92 Å². The van der Waals surface area contributed by atoms with Gasteiger partial charge in [-0.1, -0.05) is 45.0 Å². The second-order valence-electron chi connectivity index (χ2n) is 10.2. The number of epoxide rings is 1. The Kier molecular flexibility index (Phi) is 4.21. The number of fused-ring (bicyclic) bond motifs is 2. The summed E-state index contributed by atoms with van der Waals surface area (Å²) in [6.07, 6.45) is 0.320. The van der Waals surface area contributed by atoms with Crippen LogP contribution in [0.4, 0.5) is 0 Å². The van der Waals surface area contributed by atoms with E-state index >= 15 is 0 Å². The molecule has 0 radical (unpaired) electrons. The van der Waals surface area contributed by atoms with Crippen LogP contribution >= 0.6 is 0 Å². The van der Waals surface area contributed by atoms with Crippen LogP contribution in [0.5, 0.6) is 0 Å². The highest BCUT2D eigenvalue weighted by Gasteiger charge is 2.65. The summed E-state index contributed by atoms with van der Waals surface area (Å²) in [6, 6.07) is 7.15. The van der Waals surface area contributed by atoms with Crippen LogP contribution in [0.2, 0.25) is 18.1 Å². The van der Waals surface area contributed by atoms with Crippen molar-refractivity contribution in [3.05, 3.63) is 46.5 Å². The molecule has 1 fully saturated rings. The minimum Gasteiger partial charge on any atom is -0.413 e. The first-order valence-corrected chi connectivity index (χ1v) is 13.1. The van der Waals surface area contributed by atoms with Gasteiger partial charge in [-0.2, -0.15) is 0 Å². The molecule has 1 aliphatic heterocycles. The zero-order valence-corrected chi connectivity index (χ0v) is 18.9. The Bertz CT molecular complexity index is 907. The molecule has 28 heavy (non-hydrogen) atoms. The van der Waals surface area contributed by atoms with Crippen molar-refractivity contribution in [2.24, 2.45) is 5.92 Å². The first-order chi connectivity index (χ1) is 12.9. The molecular weight excluding hydrogens is 368 g/mol. The van der Waals surface area contributed by atoms with Gasteiger partial charge in [0.05, 0.1) is 12.2 Å². The summed E-state index contributed by atoms with van der Waals surface area (Å²) in [5, 5.41) is 0.0663. The maximum Gasteiger partial charge on any atom is 0.192 e. The highest BCUT2D eigenvalue weighted by Crippen LogP contribution is 2.57. The van der Waals surface area contributed by atoms with Gasteiger partial charge in [0, 0.05) is 34.6 Å². The summed E-state index contributed by atoms with van der Waals surface area (Å²) in [4.78, 5) is 26.7. The highest BCUT2D eigenvalue weighted by atomic mass is 28.4. The number of Topliss-reactive ketones (excluding diaryl/α,β-unsaturated/α-hetero) is 2. The van der Waals surface area contributed by atoms with E-state index in [-0.39, 0.29) is 34.7 Å². The van der Waals surface area contributed by atoms with Crippen molar-refractivity contribution in [1.29, 1.82) is 0 Å². The topological polar surface area (TPSA) is 55.9 Å². The summed E-state index contributed by atoms with van der Waals surface area (Å²) in [7, 11) is -2.04. The molecule has 0 aromatic heterocycles. The summed E-state index contributed by atoms with van der Waals surface area (Å²) in [6.45, 7) is 15.2. The quantitative estimate of drug-likeness (QED) is 0.534. The molecule has 4 rings (SSSR count). The third-order valence-electron chi connectivity index (χ3n) is 7.31. The first-order valence-electron chi connectivity index (χ1n) is 10.2. The van der Waals surface area contributed by atoms with Gasteiger partial charge in [-0.15, -0.1) is 0 Å². The smallest absolute Gasteiger partial charge is 0.192 e. The van der Waals surface area contributed by atoms with E-state index in [1.807, 2.05) is 19.1 Å². The zero-order chi connectivity index (χ0) is 20.6. The lowest BCUT2D eigenvalue weighted by molar-refractivity contribution is 0.0813. The molecule has 1 aromatic rings. The lowest BCUT2D eigenvalue weighted by Crippen LogP contribution is -2.50. The van der Waals surface area contributed by atoms with Crippen molar-refractivity contribution in [1.82, 2.24) is 0 Å². The van der Waals surface area contributed by atoms with E-state index < -0.39 is 13.9 Å². The van der Waals surface area contributed by atoms with E-state index in [0.29, 0.717) is 28.7 Å². The predicted octanol–water partition coefficient (Wildman–Crippen LogP) is 4.95. The van der Waals surface area contributed by atoms with Crippen LogP contribution in [0.3, 0.4) is 0 Å². The lowest BCUT2D eigenvalue weighted by atomic mass is 9.67. The summed E-state index contributed by atoms with van der Waals surface area (Å²) < 4.78 is 12.8. The number of benzene rings is 1. The van der Waals surface area contributed by atoms with Crippen molar-refractivity contribution in [2.75, 3.05) is 0 Å². The maximum atomic E-state index is 13.5. The summed E-state index contributed by atoms with van der Waals surface area (Å²) in [5.74, 6) is -0.275. The molecule has 1 heterocycles. The van der Waals surface area contributed by atoms with Crippen LogP contribution in [0.25, 0.3) is 0 Å². The van der Waals surface area contributed by atoms with Gasteiger partial charge >= 0.3 is 0 Å². The molecule has 150 valence electrons. The molecular formula is C23H30O4Si. The van der Waals surface area contributed by atoms with Crippen molar-refractivity contribution < 1.29 is 18.8 Å². The van der Waals surface area contributed by atoms with Gasteiger partial charge in [0.1, 0.15) is 5.60 Å². The van der Waals surface area contributed by atoms with Gasteiger partial charge in [-0.3, -0.25) is 9.59 Å². The molecule has 0 amide bonds. The molecule has 0 unspecified atom stereocenters. The van der Waals surface area contributed by atoms with E-state index in [1.54, 1.807) is 12.1 Å². The average Bonchev–Trinajstić information content (AvgIpc) is 3.27. The van der Waals surface area contributed by atoms with Gasteiger partial charge < -0.3 is 9.16 Å². The number of rotatable bonds is 3. The lowest BCUT2D eigenvalue weighted by Gasteiger charge is -2.43. The second kappa shape index (κ2) is 5.97. The van der Waals surface area contributed by atoms with Crippen molar-refractivity contribution >= 4 is 19.9 Å². The van der Waals surface area contributed by atoms with Gasteiger partial charge in [0.2, 0.25) is 0 Å². The number of ketones is 2. The molecule has 3 aliphatic rings. The van der Waals surface area contributed by atoms with Crippen LogP contribution in [0.1, 0.15) is 61.8 Å². The third kappa shape index (κ3) is 2.71. The van der Waals surface area contributed by atoms with Crippen LogP contribution in [-0.4, -0.2) is 37.7 Å². The van der Waals surface area contributed by atoms with Crippen LogP contribution in [0.15, 0.2) is 35.4 Å². The number of carbonyl (C=O) groups excluding carboxylic acids is 2. The van der Waals surface area contributed by atoms with Crippen molar-refractivity contribution in [3.8, 4) is 0 Å². The molecule has 2 aliphatic carbocycles. The van der Waals surface area contributed by atoms with Gasteiger partial charge in [0.15, 0.2) is 19.9 Å². The van der Waals surface area contributed by atoms with Crippen LogP contribution < -0.4 is 0 Å². The van der Waals surface area contributed by atoms with E-state index in [0.717, 1.165) is 0 Å². The first kappa shape index (κ1) is 19.7. The van der Waals surface area contributed by atoms with E-state index in [1.165, 1.54) is 0 Å². The molecule has 4 atom stereocenters. The Morgan fingerprint density at radius 1 is 1.14 bits per heavy atom. The largest absolute Gasteiger partial charge is 0.413 e. The van der Waals surface area contributed by atoms with Gasteiger partial charge in [-0.25, -0.2) is 0 Å². The zero-order valence-electron chi connectivity index (χ0n) is 17.9. The minimum absolute atomic E-state index is 0.0104. The van der Waals surface area contributed by atoms with Crippen molar-refractivity contribution in [3.63, 3.8) is 0 Å². The normalized spacial score (nSPS) is 30.5. The molecule has 0 spiro atoms. The van der Waals surface area contributed by atoms with E-state index in [4.69, 9.17) is 9.16 Å². The molecule has 1 saturated heterocycles. The van der Waals surface area contributed by atoms with Crippen LogP contribution in [-0.2, 0) is 9.16 Å². The average molecular weight is 399 g/mol. The van der Waals surface area contributed by atoms with Gasteiger partial charge in [-0.05, 0) is 32.0 Å². The molecule has 0 saturated carbocycles. The third-order valence-corrected chi connectivity index (χ3v) is 11.9. The number of carbonyl (C=O) groups is 2. The summed E-state index contributed by atoms with van der Waals surface area (Å²) in [5.41, 5.74) is 1.87. The SMILES string of the molecule is C[C@H](O[Si](C)(C)C(C)(C)C)[C@@H]1C2=C(C[C@H]3O[C@]31C)C(=O)c1ccccc1C2=O. The molecule has 0 N–H and O–H groups in total. The highest BCUT2D eigenvalue weighted by molar-refractivity contribution is 6.74. The Morgan fingerprint density at radius 2 is 1.71 bits per heavy atom. The second-order valence-corrected chi connectivity index (χ2v) is 14.9. The van der Waals surface area contributed by atoms with E-state index in [9.17, 15) is 9.59 Å². The Hall–Kier alpha value is -1.56. The molecule has 1 aromatic carbocycles. The Morgan fingerprint density at radius 3 is 2.29 bits per heavy atom. The number of hydrogen-bond acceptors (Lipinski definition) is 4. The fourth-order valence-electron chi connectivity index (χ4n) is 4.65. The number of hydrogen-bond donors (Lipinski definition) is 0. The van der Waals surface area contributed by atoms with Gasteiger partial charge in [0.25, 0.3) is 0 Å². The Balaban J connectivity index is 1.78. The molecule has 0 bridgehead atoms. The molecule has 5 heteroatoms. The number of ether oxygens (including phenoxy) is 1. The minimum atomic E-state index is -2.04. The summed E-state index contributed by atoms with van der Waals surface area (Å²) >= 11 is 0. The standard InChI is InChI=1S/C23H30O4Si/c1-13(27-28(6,7)22(2,3)4)19-18-16(12-17-23(19,5)26-17)20(24)14-10-8-9-11-15(14)21(18)25/h8-11,13,17,19H,12H2,1-7H3/t13-,17+,19+,23+/m0/s1. The van der Waals surface area contributed by atoms with Crippen molar-refractivity contribution in [2.45, 2.75) is 77.0 Å². The predicted molar refractivity (Wildman–Crippen MR) is 111 cm³/mol. The fraction of sp³-hybridized carbons (Fsp3) is 0.565.